The van der Waals surface area contributed by atoms with Crippen LogP contribution in [0.3, 0.4) is 0 Å². The van der Waals surface area contributed by atoms with E-state index < -0.39 is 5.97 Å². The van der Waals surface area contributed by atoms with Gasteiger partial charge < -0.3 is 5.11 Å². The van der Waals surface area contributed by atoms with E-state index in [0.717, 1.165) is 5.56 Å². The molecule has 0 unspecified atom stereocenters. The summed E-state index contributed by atoms with van der Waals surface area (Å²) < 4.78 is 1.66. The molecule has 0 bridgehead atoms. The van der Waals surface area contributed by atoms with Gasteiger partial charge in [0.2, 0.25) is 0 Å². The smallest absolute Gasteiger partial charge is 0.337 e. The van der Waals surface area contributed by atoms with Gasteiger partial charge in [-0.25, -0.2) is 14.5 Å². The summed E-state index contributed by atoms with van der Waals surface area (Å²) in [5, 5.41) is 15.0. The fourth-order valence-electron chi connectivity index (χ4n) is 2.02. The van der Waals surface area contributed by atoms with Gasteiger partial charge in [0.1, 0.15) is 0 Å². The Balaban J connectivity index is 1.99. The minimum absolute atomic E-state index is 0.131. The van der Waals surface area contributed by atoms with Crippen LogP contribution in [0, 0.1) is 0 Å². The lowest BCUT2D eigenvalue weighted by atomic mass is 10.2. The van der Waals surface area contributed by atoms with E-state index in [1.54, 1.807) is 23.0 Å². The minimum atomic E-state index is -1.02. The lowest BCUT2D eigenvalue weighted by Crippen LogP contribution is -2.04. The predicted octanol–water partition coefficient (Wildman–Crippen LogP) is 3.48. The molecule has 0 aliphatic carbocycles. The first-order chi connectivity index (χ1) is 10.0. The highest BCUT2D eigenvalue weighted by atomic mass is 35.5. The van der Waals surface area contributed by atoms with Gasteiger partial charge in [-0.1, -0.05) is 29.3 Å². The summed E-state index contributed by atoms with van der Waals surface area (Å²) in [6.07, 6.45) is 2.89. The molecule has 1 aromatic carbocycles. The summed E-state index contributed by atoms with van der Waals surface area (Å²) >= 11 is 12.0. The maximum absolute atomic E-state index is 10.9. The number of nitrogens with zero attached hydrogens (tertiary/aromatic N) is 3. The summed E-state index contributed by atoms with van der Waals surface area (Å²) in [6, 6.07) is 6.78. The van der Waals surface area contributed by atoms with Crippen LogP contribution in [0.25, 0.3) is 11.0 Å². The minimum Gasteiger partial charge on any atom is -0.478 e. The molecule has 0 amide bonds. The SMILES string of the molecule is O=C(O)c1cnc2c(cnn2Cc2ccc(Cl)cc2Cl)c1. The Morgan fingerprint density at radius 2 is 2.05 bits per heavy atom. The van der Waals surface area contributed by atoms with Crippen molar-refractivity contribution >= 4 is 40.2 Å². The van der Waals surface area contributed by atoms with Crippen molar-refractivity contribution in [1.29, 1.82) is 0 Å². The van der Waals surface area contributed by atoms with Crippen LogP contribution in [0.2, 0.25) is 10.0 Å². The maximum Gasteiger partial charge on any atom is 0.337 e. The van der Waals surface area contributed by atoms with E-state index in [9.17, 15) is 4.79 Å². The van der Waals surface area contributed by atoms with Crippen molar-refractivity contribution in [3.8, 4) is 0 Å². The number of fused-ring (bicyclic) bond motifs is 1. The average Bonchev–Trinajstić information content (AvgIpc) is 2.84. The highest BCUT2D eigenvalue weighted by molar-refractivity contribution is 6.35. The number of aromatic nitrogens is 3. The van der Waals surface area contributed by atoms with Gasteiger partial charge in [0.15, 0.2) is 5.65 Å². The maximum atomic E-state index is 10.9. The van der Waals surface area contributed by atoms with Crippen LogP contribution in [0.5, 0.6) is 0 Å². The number of rotatable bonds is 3. The zero-order valence-electron chi connectivity index (χ0n) is 10.6. The summed E-state index contributed by atoms with van der Waals surface area (Å²) in [5.74, 6) is -1.02. The zero-order valence-corrected chi connectivity index (χ0v) is 12.1. The lowest BCUT2D eigenvalue weighted by molar-refractivity contribution is 0.0696. The molecule has 0 saturated heterocycles. The number of carboxylic acids is 1. The fraction of sp³-hybridized carbons (Fsp3) is 0.0714. The van der Waals surface area contributed by atoms with Crippen LogP contribution in [0.15, 0.2) is 36.7 Å². The molecule has 0 radical (unpaired) electrons. The Morgan fingerprint density at radius 1 is 1.24 bits per heavy atom. The highest BCUT2D eigenvalue weighted by Crippen LogP contribution is 2.23. The van der Waals surface area contributed by atoms with Gasteiger partial charge in [-0.05, 0) is 23.8 Å². The van der Waals surface area contributed by atoms with E-state index in [0.29, 0.717) is 27.6 Å². The molecule has 0 fully saturated rings. The third kappa shape index (κ3) is 2.70. The van der Waals surface area contributed by atoms with Crippen molar-refractivity contribution in [2.24, 2.45) is 0 Å². The molecule has 0 saturated carbocycles. The quantitative estimate of drug-likeness (QED) is 0.801. The van der Waals surface area contributed by atoms with E-state index in [4.69, 9.17) is 28.3 Å². The number of hydrogen-bond donors (Lipinski definition) is 1. The largest absolute Gasteiger partial charge is 0.478 e. The molecule has 0 aliphatic rings. The van der Waals surface area contributed by atoms with Gasteiger partial charge >= 0.3 is 5.97 Å². The highest BCUT2D eigenvalue weighted by Gasteiger charge is 2.10. The van der Waals surface area contributed by atoms with E-state index in [1.807, 2.05) is 6.07 Å². The number of benzene rings is 1. The fourth-order valence-corrected chi connectivity index (χ4v) is 2.48. The van der Waals surface area contributed by atoms with E-state index >= 15 is 0 Å². The third-order valence-electron chi connectivity index (χ3n) is 3.06. The van der Waals surface area contributed by atoms with Crippen molar-refractivity contribution < 1.29 is 9.90 Å². The summed E-state index contributed by atoms with van der Waals surface area (Å²) in [6.45, 7) is 0.429. The van der Waals surface area contributed by atoms with Gasteiger partial charge in [0, 0.05) is 21.6 Å². The molecule has 106 valence electrons. The second-order valence-corrected chi connectivity index (χ2v) is 5.32. The molecule has 1 N–H and O–H groups in total. The second kappa shape index (κ2) is 5.35. The standard InChI is InChI=1S/C14H9Cl2N3O2/c15-11-2-1-8(12(16)4-11)7-19-13-9(6-18-19)3-10(5-17-13)14(20)21/h1-6H,7H2,(H,20,21). The molecule has 5 nitrogen and oxygen atoms in total. The number of carboxylic acid groups (broad SMARTS) is 1. The number of hydrogen-bond acceptors (Lipinski definition) is 3. The van der Waals surface area contributed by atoms with Crippen molar-refractivity contribution in [2.75, 3.05) is 0 Å². The molecular formula is C14H9Cl2N3O2. The lowest BCUT2D eigenvalue weighted by Gasteiger charge is -2.06. The Hall–Kier alpha value is -2.11. The van der Waals surface area contributed by atoms with E-state index in [2.05, 4.69) is 10.1 Å². The number of aromatic carboxylic acids is 1. The molecule has 7 heteroatoms. The van der Waals surface area contributed by atoms with Crippen molar-refractivity contribution in [2.45, 2.75) is 6.54 Å². The Morgan fingerprint density at radius 3 is 2.76 bits per heavy atom. The summed E-state index contributed by atoms with van der Waals surface area (Å²) in [7, 11) is 0. The van der Waals surface area contributed by atoms with Crippen molar-refractivity contribution in [3.05, 3.63) is 57.8 Å². The molecule has 2 heterocycles. The van der Waals surface area contributed by atoms with Gasteiger partial charge in [-0.2, -0.15) is 5.10 Å². The Bertz CT molecular complexity index is 845. The predicted molar refractivity (Wildman–Crippen MR) is 80.1 cm³/mol. The molecule has 0 aliphatic heterocycles. The first-order valence-corrected chi connectivity index (χ1v) is 6.79. The van der Waals surface area contributed by atoms with Crippen LogP contribution in [0.4, 0.5) is 0 Å². The van der Waals surface area contributed by atoms with Crippen LogP contribution >= 0.6 is 23.2 Å². The van der Waals surface area contributed by atoms with Gasteiger partial charge in [0.25, 0.3) is 0 Å². The molecule has 2 aromatic heterocycles. The Labute approximate surface area is 129 Å². The van der Waals surface area contributed by atoms with Crippen molar-refractivity contribution in [3.63, 3.8) is 0 Å². The number of pyridine rings is 1. The molecule has 21 heavy (non-hydrogen) atoms. The van der Waals surface area contributed by atoms with Gasteiger partial charge in [0.05, 0.1) is 18.3 Å². The summed E-state index contributed by atoms with van der Waals surface area (Å²) in [4.78, 5) is 15.1. The topological polar surface area (TPSA) is 68.0 Å². The molecule has 3 aromatic rings. The first kappa shape index (κ1) is 13.9. The average molecular weight is 322 g/mol. The van der Waals surface area contributed by atoms with Crippen LogP contribution < -0.4 is 0 Å². The van der Waals surface area contributed by atoms with E-state index in [1.165, 1.54) is 12.3 Å². The first-order valence-electron chi connectivity index (χ1n) is 6.03. The normalized spacial score (nSPS) is 11.0. The zero-order chi connectivity index (χ0) is 15.0. The van der Waals surface area contributed by atoms with Crippen LogP contribution in [-0.2, 0) is 6.54 Å². The van der Waals surface area contributed by atoms with Crippen LogP contribution in [-0.4, -0.2) is 25.8 Å². The Kier molecular flexibility index (Phi) is 3.53. The van der Waals surface area contributed by atoms with E-state index in [-0.39, 0.29) is 5.56 Å². The second-order valence-electron chi connectivity index (χ2n) is 4.48. The molecular weight excluding hydrogens is 313 g/mol. The molecule has 0 spiro atoms. The third-order valence-corrected chi connectivity index (χ3v) is 3.64. The number of carbonyl (C=O) groups is 1. The van der Waals surface area contributed by atoms with Gasteiger partial charge in [-0.3, -0.25) is 0 Å². The van der Waals surface area contributed by atoms with Crippen LogP contribution in [0.1, 0.15) is 15.9 Å². The molecule has 3 rings (SSSR count). The monoisotopic (exact) mass is 321 g/mol. The number of halogens is 2. The summed E-state index contributed by atoms with van der Waals surface area (Å²) in [5.41, 5.74) is 1.59. The molecule has 0 atom stereocenters. The van der Waals surface area contributed by atoms with Gasteiger partial charge in [-0.15, -0.1) is 0 Å². The van der Waals surface area contributed by atoms with Crippen molar-refractivity contribution in [1.82, 2.24) is 14.8 Å².